The third kappa shape index (κ3) is 4.06. The molecule has 3 nitrogen and oxygen atoms in total. The van der Waals surface area contributed by atoms with Crippen molar-refractivity contribution in [3.05, 3.63) is 35.9 Å². The number of hydrogen-bond donors (Lipinski definition) is 1. The van der Waals surface area contributed by atoms with Crippen LogP contribution in [0.1, 0.15) is 24.8 Å². The molecule has 2 aliphatic heterocycles. The van der Waals surface area contributed by atoms with Gasteiger partial charge in [-0.3, -0.25) is 9.80 Å². The van der Waals surface area contributed by atoms with Gasteiger partial charge in [-0.1, -0.05) is 30.3 Å². The molecule has 0 spiro atoms. The van der Waals surface area contributed by atoms with Crippen molar-refractivity contribution in [2.45, 2.75) is 31.8 Å². The van der Waals surface area contributed by atoms with Gasteiger partial charge in [-0.15, -0.1) is 0 Å². The topological polar surface area (TPSA) is 18.5 Å². The molecular weight excluding hydrogens is 258 g/mol. The molecule has 0 bridgehead atoms. The monoisotopic (exact) mass is 287 g/mol. The molecule has 0 aromatic heterocycles. The van der Waals surface area contributed by atoms with E-state index in [0.717, 1.165) is 18.5 Å². The summed E-state index contributed by atoms with van der Waals surface area (Å²) in [6.45, 7) is 7.43. The van der Waals surface area contributed by atoms with Gasteiger partial charge in [-0.25, -0.2) is 0 Å². The molecule has 2 fully saturated rings. The van der Waals surface area contributed by atoms with Crippen LogP contribution in [0.3, 0.4) is 0 Å². The second-order valence-electron chi connectivity index (χ2n) is 6.70. The van der Waals surface area contributed by atoms with Crippen LogP contribution < -0.4 is 5.32 Å². The largest absolute Gasteiger partial charge is 0.319 e. The Labute approximate surface area is 129 Å². The van der Waals surface area contributed by atoms with Crippen molar-refractivity contribution < 1.29 is 0 Å². The smallest absolute Gasteiger partial charge is 0.0235 e. The van der Waals surface area contributed by atoms with Crippen LogP contribution >= 0.6 is 0 Å². The van der Waals surface area contributed by atoms with Crippen molar-refractivity contribution in [2.75, 3.05) is 39.8 Å². The van der Waals surface area contributed by atoms with Crippen LogP contribution in [0.25, 0.3) is 0 Å². The summed E-state index contributed by atoms with van der Waals surface area (Å²) in [5, 5.41) is 3.33. The predicted molar refractivity (Wildman–Crippen MR) is 88.3 cm³/mol. The number of nitrogens with zero attached hydrogens (tertiary/aromatic N) is 2. The molecule has 0 saturated carbocycles. The van der Waals surface area contributed by atoms with Gasteiger partial charge in [0.15, 0.2) is 0 Å². The Hall–Kier alpha value is -0.900. The van der Waals surface area contributed by atoms with E-state index in [1.54, 1.807) is 0 Å². The number of rotatable bonds is 5. The molecule has 116 valence electrons. The van der Waals surface area contributed by atoms with Crippen molar-refractivity contribution in [3.63, 3.8) is 0 Å². The molecule has 0 amide bonds. The molecule has 0 aliphatic carbocycles. The summed E-state index contributed by atoms with van der Waals surface area (Å²) in [7, 11) is 2.07. The maximum absolute atomic E-state index is 3.33. The number of nitrogens with one attached hydrogen (secondary N) is 1. The Bertz CT molecular complexity index is 412. The standard InChI is InChI=1S/C18H29N3/c1-19-13-16-7-11-21(12-8-16)18-9-10-20(15-18)14-17-5-3-2-4-6-17/h2-6,16,18-19H,7-15H2,1H3. The fourth-order valence-corrected chi connectivity index (χ4v) is 3.91. The van der Waals surface area contributed by atoms with E-state index >= 15 is 0 Å². The lowest BCUT2D eigenvalue weighted by atomic mass is 9.95. The molecule has 0 radical (unpaired) electrons. The fraction of sp³-hybridized carbons (Fsp3) is 0.667. The van der Waals surface area contributed by atoms with Crippen molar-refractivity contribution in [1.82, 2.24) is 15.1 Å². The lowest BCUT2D eigenvalue weighted by Crippen LogP contribution is -2.44. The molecule has 1 N–H and O–H groups in total. The van der Waals surface area contributed by atoms with Gasteiger partial charge in [-0.05, 0) is 57.4 Å². The molecule has 1 aromatic rings. The fourth-order valence-electron chi connectivity index (χ4n) is 3.91. The first-order valence-corrected chi connectivity index (χ1v) is 8.50. The lowest BCUT2D eigenvalue weighted by molar-refractivity contribution is 0.132. The molecule has 2 heterocycles. The predicted octanol–water partition coefficient (Wildman–Crippen LogP) is 2.19. The molecule has 1 aromatic carbocycles. The second kappa shape index (κ2) is 7.39. The Morgan fingerprint density at radius 3 is 2.52 bits per heavy atom. The third-order valence-corrected chi connectivity index (χ3v) is 5.15. The first-order chi connectivity index (χ1) is 10.3. The van der Waals surface area contributed by atoms with Crippen LogP contribution in [0.4, 0.5) is 0 Å². The summed E-state index contributed by atoms with van der Waals surface area (Å²) in [4.78, 5) is 5.37. The van der Waals surface area contributed by atoms with Gasteiger partial charge < -0.3 is 5.32 Å². The summed E-state index contributed by atoms with van der Waals surface area (Å²) in [6.07, 6.45) is 4.09. The maximum atomic E-state index is 3.33. The molecular formula is C18H29N3. The zero-order chi connectivity index (χ0) is 14.5. The Morgan fingerprint density at radius 1 is 1.05 bits per heavy atom. The van der Waals surface area contributed by atoms with Crippen LogP contribution in [-0.4, -0.2) is 55.6 Å². The van der Waals surface area contributed by atoms with Crippen molar-refractivity contribution in [3.8, 4) is 0 Å². The lowest BCUT2D eigenvalue weighted by Gasteiger charge is -2.36. The highest BCUT2D eigenvalue weighted by Gasteiger charge is 2.30. The first-order valence-electron chi connectivity index (χ1n) is 8.50. The number of piperidine rings is 1. The van der Waals surface area contributed by atoms with E-state index in [2.05, 4.69) is 52.5 Å². The molecule has 2 saturated heterocycles. The van der Waals surface area contributed by atoms with E-state index in [4.69, 9.17) is 0 Å². The SMILES string of the molecule is CNCC1CCN(C2CCN(Cc3ccccc3)C2)CC1. The van der Waals surface area contributed by atoms with E-state index in [0.29, 0.717) is 0 Å². The summed E-state index contributed by atoms with van der Waals surface area (Å²) in [5.74, 6) is 0.896. The average molecular weight is 287 g/mol. The Morgan fingerprint density at radius 2 is 1.81 bits per heavy atom. The van der Waals surface area contributed by atoms with Gasteiger partial charge in [0.25, 0.3) is 0 Å². The number of hydrogen-bond acceptors (Lipinski definition) is 3. The minimum atomic E-state index is 0.796. The summed E-state index contributed by atoms with van der Waals surface area (Å²) in [5.41, 5.74) is 1.45. The van der Waals surface area contributed by atoms with E-state index in [-0.39, 0.29) is 0 Å². The quantitative estimate of drug-likeness (QED) is 0.895. The van der Waals surface area contributed by atoms with Gasteiger partial charge >= 0.3 is 0 Å². The molecule has 2 aliphatic rings. The van der Waals surface area contributed by atoms with E-state index < -0.39 is 0 Å². The van der Waals surface area contributed by atoms with Crippen molar-refractivity contribution >= 4 is 0 Å². The summed E-state index contributed by atoms with van der Waals surface area (Å²) >= 11 is 0. The highest BCUT2D eigenvalue weighted by molar-refractivity contribution is 5.14. The van der Waals surface area contributed by atoms with Gasteiger partial charge in [0.05, 0.1) is 0 Å². The molecule has 1 unspecified atom stereocenters. The summed E-state index contributed by atoms with van der Waals surface area (Å²) < 4.78 is 0. The highest BCUT2D eigenvalue weighted by Crippen LogP contribution is 2.24. The third-order valence-electron chi connectivity index (χ3n) is 5.15. The van der Waals surface area contributed by atoms with E-state index in [1.165, 1.54) is 57.5 Å². The normalized spacial score (nSPS) is 25.5. The highest BCUT2D eigenvalue weighted by atomic mass is 15.3. The number of likely N-dealkylation sites (tertiary alicyclic amines) is 2. The molecule has 21 heavy (non-hydrogen) atoms. The molecule has 3 rings (SSSR count). The van der Waals surface area contributed by atoms with Gasteiger partial charge in [0.2, 0.25) is 0 Å². The zero-order valence-electron chi connectivity index (χ0n) is 13.3. The number of benzene rings is 1. The minimum absolute atomic E-state index is 0.796. The van der Waals surface area contributed by atoms with Crippen LogP contribution in [0, 0.1) is 5.92 Å². The van der Waals surface area contributed by atoms with Gasteiger partial charge in [0.1, 0.15) is 0 Å². The summed E-state index contributed by atoms with van der Waals surface area (Å²) in [6, 6.07) is 11.7. The van der Waals surface area contributed by atoms with Crippen molar-refractivity contribution in [2.24, 2.45) is 5.92 Å². The van der Waals surface area contributed by atoms with Crippen LogP contribution in [-0.2, 0) is 6.54 Å². The van der Waals surface area contributed by atoms with Crippen LogP contribution in [0.2, 0.25) is 0 Å². The molecule has 3 heteroatoms. The average Bonchev–Trinajstić information content (AvgIpc) is 2.98. The van der Waals surface area contributed by atoms with Crippen molar-refractivity contribution in [1.29, 1.82) is 0 Å². The maximum Gasteiger partial charge on any atom is 0.0235 e. The van der Waals surface area contributed by atoms with E-state index in [1.807, 2.05) is 0 Å². The Kier molecular flexibility index (Phi) is 5.28. The van der Waals surface area contributed by atoms with E-state index in [9.17, 15) is 0 Å². The van der Waals surface area contributed by atoms with Gasteiger partial charge in [-0.2, -0.15) is 0 Å². The molecule has 1 atom stereocenters. The van der Waals surface area contributed by atoms with Gasteiger partial charge in [0, 0.05) is 25.7 Å². The zero-order valence-corrected chi connectivity index (χ0v) is 13.3. The Balaban J connectivity index is 1.45. The minimum Gasteiger partial charge on any atom is -0.319 e. The van der Waals surface area contributed by atoms with Crippen LogP contribution in [0.15, 0.2) is 30.3 Å². The van der Waals surface area contributed by atoms with Crippen LogP contribution in [0.5, 0.6) is 0 Å². The first kappa shape index (κ1) is 15.0. The second-order valence-corrected chi connectivity index (χ2v) is 6.70.